The summed E-state index contributed by atoms with van der Waals surface area (Å²) in [5.74, 6) is -6.12. The fraction of sp³-hybridized carbons (Fsp3) is 0.260. The first kappa shape index (κ1) is 78.9. The first-order valence-electron chi connectivity index (χ1n) is 28.8. The molecule has 9 rings (SSSR count). The summed E-state index contributed by atoms with van der Waals surface area (Å²) in [5, 5.41) is 0. The molecule has 0 saturated carbocycles. The third-order valence-corrected chi connectivity index (χ3v) is 12.6. The first-order valence-corrected chi connectivity index (χ1v) is 28.8. The van der Waals surface area contributed by atoms with Gasteiger partial charge in [-0.25, -0.2) is 57.1 Å². The zero-order chi connectivity index (χ0) is 67.1. The molecule has 480 valence electrons. The first-order chi connectivity index (χ1) is 42.2. The van der Waals surface area contributed by atoms with Gasteiger partial charge in [0.15, 0.2) is 23.3 Å². The molecule has 16 heteroatoms. The smallest absolute Gasteiger partial charge is 0.207 e. The van der Waals surface area contributed by atoms with E-state index < -0.39 is 58.3 Å². The zero-order valence-corrected chi connectivity index (χ0v) is 51.3. The Balaban J connectivity index is 0.000000501. The normalized spacial score (nSPS) is 10.0. The van der Waals surface area contributed by atoms with Crippen molar-refractivity contribution in [3.63, 3.8) is 0 Å². The van der Waals surface area contributed by atoms with Gasteiger partial charge in [0, 0.05) is 12.1 Å². The Labute approximate surface area is 514 Å². The number of rotatable bonds is 9. The van der Waals surface area contributed by atoms with Gasteiger partial charge in [0.1, 0.15) is 52.4 Å². The molecule has 0 aliphatic rings. The van der Waals surface area contributed by atoms with Crippen LogP contribution in [0.5, 0.6) is 0 Å². The number of benzene rings is 9. The van der Waals surface area contributed by atoms with Crippen molar-refractivity contribution in [3.8, 4) is 0 Å². The fourth-order valence-electron chi connectivity index (χ4n) is 7.21. The Morgan fingerprint density at radius 3 is 1.06 bits per heavy atom. The largest absolute Gasteiger partial charge is 0.416 e. The summed E-state index contributed by atoms with van der Waals surface area (Å²) in [7, 11) is 0. The molecule has 9 aromatic rings. The van der Waals surface area contributed by atoms with E-state index in [1.54, 1.807) is 62.4 Å². The predicted octanol–water partition coefficient (Wildman–Crippen LogP) is 23.1. The van der Waals surface area contributed by atoms with Crippen molar-refractivity contribution in [1.82, 2.24) is 0 Å². The molecule has 0 unspecified atom stereocenters. The van der Waals surface area contributed by atoms with Crippen LogP contribution < -0.4 is 0 Å². The Morgan fingerprint density at radius 2 is 0.618 bits per heavy atom. The lowest BCUT2D eigenvalue weighted by Crippen LogP contribution is -2.04. The zero-order valence-electron chi connectivity index (χ0n) is 51.3. The molecule has 0 atom stereocenters. The lowest BCUT2D eigenvalue weighted by molar-refractivity contribution is -0.137. The van der Waals surface area contributed by atoms with Gasteiger partial charge < -0.3 is 0 Å². The molecule has 0 saturated heterocycles. The van der Waals surface area contributed by atoms with Crippen molar-refractivity contribution in [2.75, 3.05) is 0 Å². The van der Waals surface area contributed by atoms with Crippen LogP contribution in [0, 0.1) is 75.6 Å². The second-order valence-corrected chi connectivity index (χ2v) is 18.9. The van der Waals surface area contributed by atoms with Crippen LogP contribution in [0.4, 0.5) is 70.2 Å². The topological polar surface area (TPSA) is 0 Å². The molecular weight excluding hydrogens is 1180 g/mol. The molecule has 0 spiro atoms. The quantitative estimate of drug-likeness (QED) is 0.126. The van der Waals surface area contributed by atoms with Crippen LogP contribution in [0.15, 0.2) is 188 Å². The van der Waals surface area contributed by atoms with Crippen LogP contribution in [0.25, 0.3) is 0 Å². The number of halogens is 16. The summed E-state index contributed by atoms with van der Waals surface area (Å²) >= 11 is 0. The monoisotopic (exact) mass is 1260 g/mol. The average molecular weight is 1260 g/mol. The summed E-state index contributed by atoms with van der Waals surface area (Å²) in [6.07, 6.45) is 2.25. The molecule has 89 heavy (non-hydrogen) atoms. The second kappa shape index (κ2) is 43.5. The van der Waals surface area contributed by atoms with Gasteiger partial charge in [-0.15, -0.1) is 0 Å². The third-order valence-electron chi connectivity index (χ3n) is 12.6. The van der Waals surface area contributed by atoms with E-state index in [4.69, 9.17) is 0 Å². The van der Waals surface area contributed by atoms with Crippen molar-refractivity contribution in [2.45, 2.75) is 126 Å². The molecule has 9 aromatic carbocycles. The number of aryl methyl sites for hydroxylation is 9. The molecule has 0 N–H and O–H groups in total. The summed E-state index contributed by atoms with van der Waals surface area (Å²) in [5.41, 5.74) is 6.28. The molecule has 0 aliphatic carbocycles. The van der Waals surface area contributed by atoms with E-state index in [9.17, 15) is 70.2 Å². The maximum absolute atomic E-state index is 12.6. The standard InChI is InChI=1S/C9H9F3.5C8H8F2.3C8H9F/c1-2-7-3-5-8(6-4-7)9(10,11)12;1-2-6-3-7(9)5-8(10)4-6;1-2-6-5-7(9)3-4-8(6)10;1-2-6-3-4-7(9)5-8(6)10;1-2-6-3-4-7(9)8(10)5-6;1-2-6-4-3-5-7(9)8(6)10;1-2-7-3-5-8(9)6-4-7;1-2-7-4-3-5-8(9)6-7;1-2-7-5-3-4-6-8(7)9/h3-6H,2H2,1H3;5*3-5H,2H2,1H3;3*3-6H,2H2,1H3. The maximum atomic E-state index is 12.6. The van der Waals surface area contributed by atoms with E-state index in [0.717, 1.165) is 103 Å². The minimum absolute atomic E-state index is 0.0972. The Kier molecular flexibility index (Phi) is 38.5. The van der Waals surface area contributed by atoms with Gasteiger partial charge >= 0.3 is 6.18 Å². The molecule has 0 aliphatic heterocycles. The van der Waals surface area contributed by atoms with Gasteiger partial charge in [-0.1, -0.05) is 141 Å². The lowest BCUT2D eigenvalue weighted by atomic mass is 10.1. The van der Waals surface area contributed by atoms with E-state index >= 15 is 0 Å². The minimum Gasteiger partial charge on any atom is -0.207 e. The van der Waals surface area contributed by atoms with Crippen LogP contribution in [0.1, 0.15) is 118 Å². The van der Waals surface area contributed by atoms with E-state index in [0.29, 0.717) is 47.9 Å². The van der Waals surface area contributed by atoms with Crippen LogP contribution in [0.3, 0.4) is 0 Å². The molecular formula is C73H76F16. The Hall–Kier alpha value is -8.14. The third kappa shape index (κ3) is 32.6. The maximum Gasteiger partial charge on any atom is 0.416 e. The summed E-state index contributed by atoms with van der Waals surface area (Å²) < 4.78 is 197. The highest BCUT2D eigenvalue weighted by atomic mass is 19.4. The van der Waals surface area contributed by atoms with Crippen LogP contribution in [-0.2, 0) is 64.0 Å². The van der Waals surface area contributed by atoms with Crippen molar-refractivity contribution in [1.29, 1.82) is 0 Å². The molecule has 0 amide bonds. The van der Waals surface area contributed by atoms with Crippen molar-refractivity contribution in [2.24, 2.45) is 0 Å². The van der Waals surface area contributed by atoms with Crippen molar-refractivity contribution < 1.29 is 70.2 Å². The summed E-state index contributed by atoms with van der Waals surface area (Å²) in [6, 6.07) is 44.1. The van der Waals surface area contributed by atoms with Gasteiger partial charge in [0.25, 0.3) is 0 Å². The van der Waals surface area contributed by atoms with Crippen molar-refractivity contribution >= 4 is 0 Å². The van der Waals surface area contributed by atoms with E-state index in [2.05, 4.69) is 0 Å². The van der Waals surface area contributed by atoms with E-state index in [-0.39, 0.29) is 29.1 Å². The van der Waals surface area contributed by atoms with E-state index in [1.807, 2.05) is 60.6 Å². The van der Waals surface area contributed by atoms with Gasteiger partial charge in [-0.05, 0) is 205 Å². The van der Waals surface area contributed by atoms with Gasteiger partial charge in [-0.3, -0.25) is 0 Å². The van der Waals surface area contributed by atoms with Crippen molar-refractivity contribution in [3.05, 3.63) is 319 Å². The lowest BCUT2D eigenvalue weighted by Gasteiger charge is -2.06. The highest BCUT2D eigenvalue weighted by Gasteiger charge is 2.29. The average Bonchev–Trinajstić information content (AvgIpc) is 3.58. The highest BCUT2D eigenvalue weighted by molar-refractivity contribution is 5.25. The minimum atomic E-state index is -4.22. The Bertz CT molecular complexity index is 3370. The Morgan fingerprint density at radius 1 is 0.225 bits per heavy atom. The molecule has 0 radical (unpaired) electrons. The SMILES string of the molecule is CCc1cc(F)cc(F)c1.CCc1cc(F)ccc1F.CCc1ccc(C(F)(F)F)cc1.CCc1ccc(F)c(F)c1.CCc1ccc(F)cc1.CCc1ccc(F)cc1F.CCc1cccc(F)c1.CCc1cccc(F)c1F.CCc1ccccc1F. The van der Waals surface area contributed by atoms with E-state index in [1.165, 1.54) is 84.4 Å². The number of hydrogen-bond donors (Lipinski definition) is 0. The van der Waals surface area contributed by atoms with Gasteiger partial charge in [-0.2, -0.15) is 13.2 Å². The van der Waals surface area contributed by atoms with Crippen LogP contribution in [-0.4, -0.2) is 0 Å². The molecule has 0 nitrogen and oxygen atoms in total. The van der Waals surface area contributed by atoms with Crippen LogP contribution >= 0.6 is 0 Å². The van der Waals surface area contributed by atoms with Gasteiger partial charge in [0.05, 0.1) is 5.56 Å². The summed E-state index contributed by atoms with van der Waals surface area (Å²) in [6.45, 7) is 17.1. The molecule has 0 heterocycles. The van der Waals surface area contributed by atoms with Crippen LogP contribution in [0.2, 0.25) is 0 Å². The highest BCUT2D eigenvalue weighted by Crippen LogP contribution is 2.29. The molecule has 0 bridgehead atoms. The number of alkyl halides is 3. The second-order valence-electron chi connectivity index (χ2n) is 18.9. The number of hydrogen-bond acceptors (Lipinski definition) is 0. The predicted molar refractivity (Wildman–Crippen MR) is 327 cm³/mol. The molecule has 0 aromatic heterocycles. The van der Waals surface area contributed by atoms with Gasteiger partial charge in [0.2, 0.25) is 0 Å². The summed E-state index contributed by atoms with van der Waals surface area (Å²) in [4.78, 5) is 0. The molecule has 0 fully saturated rings. The fourth-order valence-corrected chi connectivity index (χ4v) is 7.21.